The highest BCUT2D eigenvalue weighted by Gasteiger charge is 2.20. The average Bonchev–Trinajstić information content (AvgIpc) is 2.98. The molecule has 8 nitrogen and oxygen atoms in total. The monoisotopic (exact) mass is 439 g/mol. The summed E-state index contributed by atoms with van der Waals surface area (Å²) in [5, 5.41) is 0. The van der Waals surface area contributed by atoms with Gasteiger partial charge in [0.05, 0.1) is 28.7 Å². The highest BCUT2D eigenvalue weighted by atomic mass is 32.2. The summed E-state index contributed by atoms with van der Waals surface area (Å²) in [6.45, 7) is 0. The first kappa shape index (κ1) is 20.5. The Morgan fingerprint density at radius 1 is 0.839 bits per heavy atom. The highest BCUT2D eigenvalue weighted by Crippen LogP contribution is 2.35. The standard InChI is InChI=1S/C22H21N3O5S/c1-24-19-13-18(23-31(27,28)17-11-9-15(29-3)10-12-17)21(14-20(19)25(2)22(24)26)30-16-7-5-4-6-8-16/h4-14,23H,1-3H3. The fraction of sp³-hybridized carbons (Fsp3) is 0.136. The Morgan fingerprint density at radius 2 is 1.45 bits per heavy atom. The summed E-state index contributed by atoms with van der Waals surface area (Å²) in [5.41, 5.74) is 1.18. The zero-order valence-electron chi connectivity index (χ0n) is 17.2. The van der Waals surface area contributed by atoms with Crippen LogP contribution in [-0.2, 0) is 24.1 Å². The minimum Gasteiger partial charge on any atom is -0.497 e. The molecule has 9 heteroatoms. The molecule has 0 spiro atoms. The van der Waals surface area contributed by atoms with Gasteiger partial charge < -0.3 is 9.47 Å². The number of para-hydroxylation sites is 1. The van der Waals surface area contributed by atoms with Crippen molar-refractivity contribution in [2.24, 2.45) is 14.1 Å². The van der Waals surface area contributed by atoms with Crippen LogP contribution in [-0.4, -0.2) is 24.7 Å². The van der Waals surface area contributed by atoms with Crippen molar-refractivity contribution in [3.8, 4) is 17.2 Å². The Balaban J connectivity index is 1.83. The van der Waals surface area contributed by atoms with Gasteiger partial charge in [0.1, 0.15) is 11.5 Å². The number of anilines is 1. The normalized spacial score (nSPS) is 11.5. The number of hydrogen-bond donors (Lipinski definition) is 1. The number of rotatable bonds is 6. The number of aryl methyl sites for hydroxylation is 2. The molecule has 0 aliphatic carbocycles. The molecule has 0 unspecified atom stereocenters. The van der Waals surface area contributed by atoms with Crippen molar-refractivity contribution in [3.63, 3.8) is 0 Å². The van der Waals surface area contributed by atoms with E-state index >= 15 is 0 Å². The zero-order valence-corrected chi connectivity index (χ0v) is 18.0. The van der Waals surface area contributed by atoms with Gasteiger partial charge >= 0.3 is 5.69 Å². The van der Waals surface area contributed by atoms with Crippen molar-refractivity contribution in [3.05, 3.63) is 77.2 Å². The summed E-state index contributed by atoms with van der Waals surface area (Å²) >= 11 is 0. The van der Waals surface area contributed by atoms with Gasteiger partial charge in [-0.15, -0.1) is 0 Å². The SMILES string of the molecule is COc1ccc(S(=O)(=O)Nc2cc3c(cc2Oc2ccccc2)n(C)c(=O)n3C)cc1. The molecule has 31 heavy (non-hydrogen) atoms. The summed E-state index contributed by atoms with van der Waals surface area (Å²) < 4.78 is 42.6. The van der Waals surface area contributed by atoms with Gasteiger partial charge in [0, 0.05) is 20.2 Å². The van der Waals surface area contributed by atoms with E-state index in [4.69, 9.17) is 9.47 Å². The summed E-state index contributed by atoms with van der Waals surface area (Å²) in [4.78, 5) is 12.4. The Morgan fingerprint density at radius 3 is 2.06 bits per heavy atom. The third kappa shape index (κ3) is 3.87. The number of benzene rings is 3. The number of methoxy groups -OCH3 is 1. The highest BCUT2D eigenvalue weighted by molar-refractivity contribution is 7.92. The van der Waals surface area contributed by atoms with Crippen LogP contribution >= 0.6 is 0 Å². The van der Waals surface area contributed by atoms with Crippen molar-refractivity contribution in [1.29, 1.82) is 0 Å². The first-order valence-corrected chi connectivity index (χ1v) is 10.9. The molecule has 3 aromatic carbocycles. The van der Waals surface area contributed by atoms with E-state index in [2.05, 4.69) is 4.72 Å². The molecule has 0 aliphatic heterocycles. The predicted octanol–water partition coefficient (Wildman–Crippen LogP) is 3.48. The minimum absolute atomic E-state index is 0.0704. The molecule has 1 aromatic heterocycles. The maximum Gasteiger partial charge on any atom is 0.328 e. The molecule has 0 fully saturated rings. The average molecular weight is 439 g/mol. The number of hydrogen-bond acceptors (Lipinski definition) is 5. The van der Waals surface area contributed by atoms with E-state index in [1.165, 1.54) is 28.4 Å². The Hall–Kier alpha value is -3.72. The number of imidazole rings is 1. The minimum atomic E-state index is -3.92. The van der Waals surface area contributed by atoms with Crippen LogP contribution in [0.5, 0.6) is 17.2 Å². The summed E-state index contributed by atoms with van der Waals surface area (Å²) in [7, 11) is 0.871. The summed E-state index contributed by atoms with van der Waals surface area (Å²) in [6.07, 6.45) is 0. The van der Waals surface area contributed by atoms with E-state index < -0.39 is 10.0 Å². The van der Waals surface area contributed by atoms with Gasteiger partial charge in [0.25, 0.3) is 10.0 Å². The Labute approximate surface area is 179 Å². The topological polar surface area (TPSA) is 91.6 Å². The largest absolute Gasteiger partial charge is 0.497 e. The van der Waals surface area contributed by atoms with E-state index in [9.17, 15) is 13.2 Å². The van der Waals surface area contributed by atoms with Crippen LogP contribution in [0.15, 0.2) is 76.4 Å². The van der Waals surface area contributed by atoms with E-state index in [0.717, 1.165) is 0 Å². The quantitative estimate of drug-likeness (QED) is 0.497. The third-order valence-corrected chi connectivity index (χ3v) is 6.34. The maximum absolute atomic E-state index is 13.0. The number of fused-ring (bicyclic) bond motifs is 1. The first-order chi connectivity index (χ1) is 14.8. The zero-order chi connectivity index (χ0) is 22.2. The molecule has 0 aliphatic rings. The Bertz CT molecular complexity index is 1410. The lowest BCUT2D eigenvalue weighted by Crippen LogP contribution is -2.19. The van der Waals surface area contributed by atoms with E-state index in [-0.39, 0.29) is 22.0 Å². The van der Waals surface area contributed by atoms with Crippen LogP contribution in [0.1, 0.15) is 0 Å². The van der Waals surface area contributed by atoms with Gasteiger partial charge in [-0.25, -0.2) is 13.2 Å². The molecule has 0 amide bonds. The van der Waals surface area contributed by atoms with Gasteiger partial charge in [-0.05, 0) is 42.5 Å². The van der Waals surface area contributed by atoms with Crippen LogP contribution in [0.25, 0.3) is 11.0 Å². The lowest BCUT2D eigenvalue weighted by Gasteiger charge is -2.15. The first-order valence-electron chi connectivity index (χ1n) is 9.39. The van der Waals surface area contributed by atoms with Crippen molar-refractivity contribution in [2.45, 2.75) is 4.90 Å². The predicted molar refractivity (Wildman–Crippen MR) is 118 cm³/mol. The van der Waals surface area contributed by atoms with Gasteiger partial charge in [0.2, 0.25) is 0 Å². The summed E-state index contributed by atoms with van der Waals surface area (Å²) in [6, 6.07) is 18.3. The summed E-state index contributed by atoms with van der Waals surface area (Å²) in [5.74, 6) is 1.36. The van der Waals surface area contributed by atoms with E-state index in [1.807, 2.05) is 18.2 Å². The van der Waals surface area contributed by atoms with Gasteiger partial charge in [-0.2, -0.15) is 0 Å². The lowest BCUT2D eigenvalue weighted by atomic mass is 10.2. The van der Waals surface area contributed by atoms with Crippen LogP contribution in [0.4, 0.5) is 5.69 Å². The lowest BCUT2D eigenvalue weighted by molar-refractivity contribution is 0.414. The molecule has 0 radical (unpaired) electrons. The fourth-order valence-corrected chi connectivity index (χ4v) is 4.33. The van der Waals surface area contributed by atoms with Crippen LogP contribution in [0, 0.1) is 0 Å². The molecule has 1 heterocycles. The number of ether oxygens (including phenoxy) is 2. The fourth-order valence-electron chi connectivity index (χ4n) is 3.26. The molecule has 4 aromatic rings. The van der Waals surface area contributed by atoms with E-state index in [0.29, 0.717) is 22.5 Å². The number of aromatic nitrogens is 2. The second-order valence-electron chi connectivity index (χ2n) is 6.93. The molecule has 0 atom stereocenters. The molecule has 0 saturated carbocycles. The number of sulfonamides is 1. The van der Waals surface area contributed by atoms with Crippen LogP contribution in [0.3, 0.4) is 0 Å². The van der Waals surface area contributed by atoms with Gasteiger partial charge in [-0.3, -0.25) is 13.9 Å². The van der Waals surface area contributed by atoms with Crippen molar-refractivity contribution < 1.29 is 17.9 Å². The second kappa shape index (κ2) is 7.84. The molecular formula is C22H21N3O5S. The van der Waals surface area contributed by atoms with Gasteiger partial charge in [0.15, 0.2) is 5.75 Å². The molecular weight excluding hydrogens is 418 g/mol. The Kier molecular flexibility index (Phi) is 5.20. The second-order valence-corrected chi connectivity index (χ2v) is 8.62. The molecule has 0 bridgehead atoms. The van der Waals surface area contributed by atoms with E-state index in [1.54, 1.807) is 50.5 Å². The molecule has 4 rings (SSSR count). The van der Waals surface area contributed by atoms with Crippen LogP contribution in [0.2, 0.25) is 0 Å². The smallest absolute Gasteiger partial charge is 0.328 e. The van der Waals surface area contributed by atoms with Crippen molar-refractivity contribution >= 4 is 26.7 Å². The number of nitrogens with one attached hydrogen (secondary N) is 1. The van der Waals surface area contributed by atoms with Crippen molar-refractivity contribution in [2.75, 3.05) is 11.8 Å². The van der Waals surface area contributed by atoms with Crippen LogP contribution < -0.4 is 19.9 Å². The van der Waals surface area contributed by atoms with Gasteiger partial charge in [-0.1, -0.05) is 18.2 Å². The van der Waals surface area contributed by atoms with Crippen molar-refractivity contribution in [1.82, 2.24) is 9.13 Å². The molecule has 1 N–H and O–H groups in total. The maximum atomic E-state index is 13.0. The molecule has 0 saturated heterocycles. The number of nitrogens with zero attached hydrogens (tertiary/aromatic N) is 2. The third-order valence-electron chi connectivity index (χ3n) is 4.96. The molecule has 160 valence electrons.